The third-order valence-corrected chi connectivity index (χ3v) is 3.46. The average molecular weight is 401 g/mol. The minimum absolute atomic E-state index is 0.252. The summed E-state index contributed by atoms with van der Waals surface area (Å²) in [5.74, 6) is -0.597. The van der Waals surface area contributed by atoms with E-state index in [1.54, 1.807) is 6.08 Å². The molecule has 2 amide bonds. The monoisotopic (exact) mass is 401 g/mol. The van der Waals surface area contributed by atoms with Gasteiger partial charge in [0.1, 0.15) is 0 Å². The SMILES string of the molecule is C=CCOCCOCCOCCOCCOCCOCCN1C(=O)C=CC1=O. The smallest absolute Gasteiger partial charge is 0.253 e. The molecule has 160 valence electrons. The van der Waals surface area contributed by atoms with Crippen molar-refractivity contribution in [2.75, 3.05) is 85.8 Å². The summed E-state index contributed by atoms with van der Waals surface area (Å²) in [6.07, 6.45) is 4.21. The highest BCUT2D eigenvalue weighted by atomic mass is 16.6. The Bertz CT molecular complexity index is 451. The van der Waals surface area contributed by atoms with E-state index in [-0.39, 0.29) is 18.4 Å². The van der Waals surface area contributed by atoms with Gasteiger partial charge in [-0.25, -0.2) is 0 Å². The minimum Gasteiger partial charge on any atom is -0.377 e. The van der Waals surface area contributed by atoms with Gasteiger partial charge in [0.05, 0.1) is 85.8 Å². The van der Waals surface area contributed by atoms with Crippen LogP contribution in [0.4, 0.5) is 0 Å². The molecule has 0 spiro atoms. The van der Waals surface area contributed by atoms with Crippen molar-refractivity contribution in [1.29, 1.82) is 0 Å². The van der Waals surface area contributed by atoms with E-state index in [1.807, 2.05) is 0 Å². The lowest BCUT2D eigenvalue weighted by Gasteiger charge is -2.13. The maximum Gasteiger partial charge on any atom is 0.253 e. The Morgan fingerprint density at radius 1 is 0.643 bits per heavy atom. The molecule has 0 aliphatic carbocycles. The molecule has 0 aromatic carbocycles. The fourth-order valence-corrected chi connectivity index (χ4v) is 2.07. The highest BCUT2D eigenvalue weighted by Crippen LogP contribution is 2.02. The molecule has 0 saturated carbocycles. The Balaban J connectivity index is 1.70. The Kier molecular flexibility index (Phi) is 15.2. The third kappa shape index (κ3) is 12.7. The van der Waals surface area contributed by atoms with Crippen LogP contribution in [0, 0.1) is 0 Å². The van der Waals surface area contributed by atoms with E-state index in [4.69, 9.17) is 28.4 Å². The van der Waals surface area contributed by atoms with Crippen molar-refractivity contribution in [2.24, 2.45) is 0 Å². The van der Waals surface area contributed by atoms with Crippen LogP contribution in [-0.2, 0) is 38.0 Å². The Morgan fingerprint density at radius 2 is 1.00 bits per heavy atom. The summed E-state index contributed by atoms with van der Waals surface area (Å²) in [5.41, 5.74) is 0. The average Bonchev–Trinajstić information content (AvgIpc) is 3.01. The summed E-state index contributed by atoms with van der Waals surface area (Å²) >= 11 is 0. The van der Waals surface area contributed by atoms with Gasteiger partial charge < -0.3 is 28.4 Å². The van der Waals surface area contributed by atoms with E-state index >= 15 is 0 Å². The normalized spacial score (nSPS) is 13.6. The first-order valence-corrected chi connectivity index (χ1v) is 9.36. The van der Waals surface area contributed by atoms with Gasteiger partial charge in [0.2, 0.25) is 0 Å². The molecule has 28 heavy (non-hydrogen) atoms. The van der Waals surface area contributed by atoms with E-state index in [0.717, 1.165) is 4.90 Å². The largest absolute Gasteiger partial charge is 0.377 e. The van der Waals surface area contributed by atoms with Crippen LogP contribution in [0.25, 0.3) is 0 Å². The van der Waals surface area contributed by atoms with Gasteiger partial charge in [0.25, 0.3) is 11.8 Å². The highest BCUT2D eigenvalue weighted by Gasteiger charge is 2.22. The molecule has 0 N–H and O–H groups in total. The van der Waals surface area contributed by atoms with Crippen LogP contribution in [0.5, 0.6) is 0 Å². The molecule has 0 aromatic rings. The second kappa shape index (κ2) is 17.5. The molecule has 1 heterocycles. The van der Waals surface area contributed by atoms with E-state index in [1.165, 1.54) is 12.2 Å². The minimum atomic E-state index is -0.299. The van der Waals surface area contributed by atoms with Gasteiger partial charge in [-0.2, -0.15) is 0 Å². The van der Waals surface area contributed by atoms with Gasteiger partial charge in [-0.1, -0.05) is 6.08 Å². The van der Waals surface area contributed by atoms with Crippen molar-refractivity contribution in [3.05, 3.63) is 24.8 Å². The van der Waals surface area contributed by atoms with Gasteiger partial charge in [0.15, 0.2) is 0 Å². The molecule has 1 aliphatic rings. The number of carbonyl (C=O) groups is 2. The number of amides is 2. The summed E-state index contributed by atoms with van der Waals surface area (Å²) < 4.78 is 31.9. The predicted molar refractivity (Wildman–Crippen MR) is 101 cm³/mol. The zero-order chi connectivity index (χ0) is 20.3. The number of nitrogens with zero attached hydrogens (tertiary/aromatic N) is 1. The van der Waals surface area contributed by atoms with E-state index in [9.17, 15) is 9.59 Å². The molecule has 0 radical (unpaired) electrons. The maximum absolute atomic E-state index is 11.3. The number of hydrogen-bond donors (Lipinski definition) is 0. The maximum atomic E-state index is 11.3. The molecule has 0 unspecified atom stereocenters. The van der Waals surface area contributed by atoms with Crippen molar-refractivity contribution >= 4 is 11.8 Å². The quantitative estimate of drug-likeness (QED) is 0.162. The molecule has 0 fully saturated rings. The molecule has 0 bridgehead atoms. The van der Waals surface area contributed by atoms with Crippen molar-refractivity contribution in [2.45, 2.75) is 0 Å². The predicted octanol–water partition coefficient (Wildman–Crippen LogP) is 0.197. The summed E-state index contributed by atoms with van der Waals surface area (Å²) in [7, 11) is 0. The summed E-state index contributed by atoms with van der Waals surface area (Å²) in [4.78, 5) is 23.8. The first-order chi connectivity index (χ1) is 13.8. The number of hydrogen-bond acceptors (Lipinski definition) is 8. The second-order valence-corrected chi connectivity index (χ2v) is 5.59. The lowest BCUT2D eigenvalue weighted by Crippen LogP contribution is -2.33. The van der Waals surface area contributed by atoms with Crippen LogP contribution in [0.1, 0.15) is 0 Å². The molecule has 0 atom stereocenters. The highest BCUT2D eigenvalue weighted by molar-refractivity contribution is 6.12. The molecule has 1 rings (SSSR count). The van der Waals surface area contributed by atoms with Crippen LogP contribution < -0.4 is 0 Å². The summed E-state index contributed by atoms with van der Waals surface area (Å²) in [5, 5.41) is 0. The molecule has 0 saturated heterocycles. The van der Waals surface area contributed by atoms with Crippen LogP contribution in [0.3, 0.4) is 0 Å². The molecule has 9 heteroatoms. The van der Waals surface area contributed by atoms with Crippen molar-refractivity contribution in [3.63, 3.8) is 0 Å². The van der Waals surface area contributed by atoms with E-state index in [2.05, 4.69) is 6.58 Å². The van der Waals surface area contributed by atoms with Crippen molar-refractivity contribution < 1.29 is 38.0 Å². The van der Waals surface area contributed by atoms with Crippen LogP contribution in [0.2, 0.25) is 0 Å². The summed E-state index contributed by atoms with van der Waals surface area (Å²) in [6.45, 7) is 9.53. The summed E-state index contributed by atoms with van der Waals surface area (Å²) in [6, 6.07) is 0. The van der Waals surface area contributed by atoms with Gasteiger partial charge in [-0.05, 0) is 0 Å². The Hall–Kier alpha value is -1.62. The molecule has 0 aromatic heterocycles. The van der Waals surface area contributed by atoms with Crippen LogP contribution in [0.15, 0.2) is 24.8 Å². The van der Waals surface area contributed by atoms with E-state index in [0.29, 0.717) is 79.3 Å². The molecule has 1 aliphatic heterocycles. The molecule has 9 nitrogen and oxygen atoms in total. The standard InChI is InChI=1S/C19H31NO8/c1-2-6-23-8-10-25-12-14-27-16-17-28-15-13-26-11-9-24-7-5-20-18(21)3-4-19(20)22/h2-4H,1,5-17H2. The number of carbonyl (C=O) groups excluding carboxylic acids is 2. The third-order valence-electron chi connectivity index (χ3n) is 3.46. The first kappa shape index (κ1) is 24.4. The second-order valence-electron chi connectivity index (χ2n) is 5.59. The first-order valence-electron chi connectivity index (χ1n) is 9.36. The zero-order valence-electron chi connectivity index (χ0n) is 16.3. The van der Waals surface area contributed by atoms with Crippen molar-refractivity contribution in [3.8, 4) is 0 Å². The number of imide groups is 1. The van der Waals surface area contributed by atoms with Gasteiger partial charge in [0, 0.05) is 12.2 Å². The van der Waals surface area contributed by atoms with Crippen LogP contribution in [-0.4, -0.2) is 103 Å². The van der Waals surface area contributed by atoms with Crippen LogP contribution >= 0.6 is 0 Å². The number of rotatable bonds is 20. The topological polar surface area (TPSA) is 92.8 Å². The van der Waals surface area contributed by atoms with Gasteiger partial charge >= 0.3 is 0 Å². The molecular weight excluding hydrogens is 370 g/mol. The Morgan fingerprint density at radius 3 is 1.39 bits per heavy atom. The lowest BCUT2D eigenvalue weighted by molar-refractivity contribution is -0.137. The van der Waals surface area contributed by atoms with Gasteiger partial charge in [-0.15, -0.1) is 6.58 Å². The fourth-order valence-electron chi connectivity index (χ4n) is 2.07. The van der Waals surface area contributed by atoms with Gasteiger partial charge in [-0.3, -0.25) is 14.5 Å². The molecular formula is C19H31NO8. The number of ether oxygens (including phenoxy) is 6. The fraction of sp³-hybridized carbons (Fsp3) is 0.684. The Labute approximate surface area is 166 Å². The van der Waals surface area contributed by atoms with E-state index < -0.39 is 0 Å². The lowest BCUT2D eigenvalue weighted by atomic mass is 10.5. The zero-order valence-corrected chi connectivity index (χ0v) is 16.3. The van der Waals surface area contributed by atoms with Crippen molar-refractivity contribution in [1.82, 2.24) is 4.90 Å².